The molecular weight excluding hydrogens is 1050 g/mol. The van der Waals surface area contributed by atoms with E-state index in [9.17, 15) is 0 Å². The lowest BCUT2D eigenvalue weighted by Crippen LogP contribution is -2.60. The second kappa shape index (κ2) is 20.3. The van der Waals surface area contributed by atoms with Crippen LogP contribution in [0.3, 0.4) is 0 Å². The molecule has 0 unspecified atom stereocenters. The molecule has 3 nitrogen and oxygen atoms in total. The molecule has 0 aliphatic carbocycles. The van der Waals surface area contributed by atoms with Crippen LogP contribution >= 0.6 is 11.3 Å². The highest BCUT2D eigenvalue weighted by Crippen LogP contribution is 2.53. The molecular formula is C80H62BN3S. The van der Waals surface area contributed by atoms with Crippen LogP contribution in [0.2, 0.25) is 0 Å². The Bertz CT molecular complexity index is 4820. The molecule has 0 fully saturated rings. The van der Waals surface area contributed by atoms with Gasteiger partial charge in [0.1, 0.15) is 0 Å². The first kappa shape index (κ1) is 51.0. The third-order valence-electron chi connectivity index (χ3n) is 18.2. The molecule has 0 atom stereocenters. The first-order chi connectivity index (χ1) is 41.8. The maximum absolute atomic E-state index is 4.45. The van der Waals surface area contributed by atoms with E-state index in [-0.39, 0.29) is 12.1 Å². The second-order valence-electron chi connectivity index (χ2n) is 24.2. The molecule has 406 valence electrons. The van der Waals surface area contributed by atoms with Crippen LogP contribution in [0, 0.1) is 0 Å². The first-order valence-electron chi connectivity index (χ1n) is 30.2. The highest BCUT2D eigenvalue weighted by Gasteiger charge is 2.44. The number of aryl methyl sites for hydroxylation is 1. The maximum Gasteiger partial charge on any atom is 0.252 e. The number of anilines is 5. The van der Waals surface area contributed by atoms with Crippen molar-refractivity contribution in [2.24, 2.45) is 0 Å². The number of aromatic nitrogens is 1. The van der Waals surface area contributed by atoms with Gasteiger partial charge in [0.05, 0.1) is 22.4 Å². The minimum Gasteiger partial charge on any atom is -0.356 e. The standard InChI is InChI=1S/C80H62BN3S/c1-5-6-33-62-61(41-42-63-60-36-21-24-39-74(60)85-79(62)63)75-72(83-69-37-22-19-34-58(69)59-35-20-23-38-70(59)83)45-43-66-77(75)82-68-49-57(80(2,3)4)50-73-76(68)81(66)67-48-55(51-25-11-7-12-26-51)40-44-71(67)84(73)78-64(53-29-15-9-16-30-53)46-56(52-27-13-8-14-28-52)47-65(78)54-31-17-10-18-32-54/h7-32,34-50,82H,5-6,33H2,1-4H3. The Kier molecular flexibility index (Phi) is 12.2. The molecule has 16 rings (SSSR count). The molecule has 0 spiro atoms. The molecule has 2 aliphatic rings. The van der Waals surface area contributed by atoms with Crippen LogP contribution < -0.4 is 26.6 Å². The number of para-hydroxylation sites is 2. The van der Waals surface area contributed by atoms with Crippen molar-refractivity contribution in [1.82, 2.24) is 4.57 Å². The molecule has 0 radical (unpaired) electrons. The summed E-state index contributed by atoms with van der Waals surface area (Å²) >= 11 is 1.96. The molecule has 0 saturated heterocycles. The molecule has 5 heteroatoms. The van der Waals surface area contributed by atoms with Gasteiger partial charge in [-0.15, -0.1) is 11.3 Å². The molecule has 2 aromatic heterocycles. The van der Waals surface area contributed by atoms with E-state index >= 15 is 0 Å². The zero-order chi connectivity index (χ0) is 56.9. The Morgan fingerprint density at radius 1 is 0.447 bits per heavy atom. The van der Waals surface area contributed by atoms with E-state index in [0.717, 1.165) is 41.8 Å². The zero-order valence-corrected chi connectivity index (χ0v) is 49.1. The third kappa shape index (κ3) is 8.31. The summed E-state index contributed by atoms with van der Waals surface area (Å²) in [5.41, 5.74) is 27.7. The number of unbranched alkanes of at least 4 members (excludes halogenated alkanes) is 1. The van der Waals surface area contributed by atoms with Crippen LogP contribution in [0.1, 0.15) is 51.7 Å². The van der Waals surface area contributed by atoms with Crippen molar-refractivity contribution in [3.05, 3.63) is 272 Å². The summed E-state index contributed by atoms with van der Waals surface area (Å²) in [6.45, 7) is 9.29. The summed E-state index contributed by atoms with van der Waals surface area (Å²) in [7, 11) is 0. The van der Waals surface area contributed by atoms with Crippen molar-refractivity contribution in [3.8, 4) is 61.3 Å². The van der Waals surface area contributed by atoms with Crippen molar-refractivity contribution >= 4 is 105 Å². The fourth-order valence-electron chi connectivity index (χ4n) is 14.1. The van der Waals surface area contributed by atoms with Gasteiger partial charge in [-0.3, -0.25) is 0 Å². The number of rotatable bonds is 10. The van der Waals surface area contributed by atoms with E-state index in [4.69, 9.17) is 0 Å². The van der Waals surface area contributed by atoms with Crippen molar-refractivity contribution in [2.45, 2.75) is 52.4 Å². The summed E-state index contributed by atoms with van der Waals surface area (Å²) in [6, 6.07) is 98.1. The van der Waals surface area contributed by atoms with Gasteiger partial charge in [-0.2, -0.15) is 0 Å². The van der Waals surface area contributed by atoms with Gasteiger partial charge in [-0.05, 0) is 139 Å². The monoisotopic (exact) mass is 1110 g/mol. The number of fused-ring (bicyclic) bond motifs is 10. The summed E-state index contributed by atoms with van der Waals surface area (Å²) in [4.78, 5) is 2.66. The Morgan fingerprint density at radius 3 is 1.64 bits per heavy atom. The topological polar surface area (TPSA) is 20.2 Å². The van der Waals surface area contributed by atoms with Crippen LogP contribution in [0.5, 0.6) is 0 Å². The summed E-state index contributed by atoms with van der Waals surface area (Å²) in [5.74, 6) is 0. The average Bonchev–Trinajstić information content (AvgIpc) is 0.796. The Hall–Kier alpha value is -9.68. The van der Waals surface area contributed by atoms with Gasteiger partial charge in [0.15, 0.2) is 0 Å². The van der Waals surface area contributed by atoms with Gasteiger partial charge < -0.3 is 14.8 Å². The fraction of sp³-hybridized carbons (Fsp3) is 0.100. The SMILES string of the molecule is CCCCc1c(-c2c(-n3c4ccccc4c4ccccc43)ccc3c2Nc2cc(C(C)(C)C)cc4c2B3c2cc(-c3ccccc3)ccc2N4c2c(-c3ccccc3)cc(-c3ccccc3)cc2-c2ccccc2)ccc2c1sc1ccccc12. The molecule has 2 aliphatic heterocycles. The van der Waals surface area contributed by atoms with Crippen molar-refractivity contribution in [2.75, 3.05) is 10.2 Å². The zero-order valence-electron chi connectivity index (χ0n) is 48.3. The number of nitrogens with one attached hydrogen (secondary N) is 1. The highest BCUT2D eigenvalue weighted by atomic mass is 32.1. The van der Waals surface area contributed by atoms with Gasteiger partial charge in [0.2, 0.25) is 0 Å². The smallest absolute Gasteiger partial charge is 0.252 e. The average molecular weight is 1110 g/mol. The molecule has 85 heavy (non-hydrogen) atoms. The highest BCUT2D eigenvalue weighted by molar-refractivity contribution is 7.26. The van der Waals surface area contributed by atoms with E-state index in [0.29, 0.717) is 0 Å². The van der Waals surface area contributed by atoms with Gasteiger partial charge >= 0.3 is 0 Å². The van der Waals surface area contributed by atoms with E-state index in [1.807, 2.05) is 11.3 Å². The van der Waals surface area contributed by atoms with Crippen LogP contribution in [-0.2, 0) is 11.8 Å². The number of benzene rings is 12. The van der Waals surface area contributed by atoms with Crippen molar-refractivity contribution in [3.63, 3.8) is 0 Å². The summed E-state index contributed by atoms with van der Waals surface area (Å²) < 4.78 is 5.28. The molecule has 0 bridgehead atoms. The number of thiophene rings is 1. The van der Waals surface area contributed by atoms with Crippen LogP contribution in [0.4, 0.5) is 28.4 Å². The lowest BCUT2D eigenvalue weighted by molar-refractivity contribution is 0.591. The maximum atomic E-state index is 4.45. The predicted molar refractivity (Wildman–Crippen MR) is 367 cm³/mol. The summed E-state index contributed by atoms with van der Waals surface area (Å²) in [6.07, 6.45) is 3.16. The molecule has 14 aromatic rings. The Labute approximate surface area is 502 Å². The Morgan fingerprint density at radius 2 is 1.01 bits per heavy atom. The molecule has 0 saturated carbocycles. The summed E-state index contributed by atoms with van der Waals surface area (Å²) in [5, 5.41) is 9.63. The lowest BCUT2D eigenvalue weighted by Gasteiger charge is -2.43. The second-order valence-corrected chi connectivity index (χ2v) is 25.3. The van der Waals surface area contributed by atoms with E-state index in [1.165, 1.54) is 137 Å². The van der Waals surface area contributed by atoms with Gasteiger partial charge in [-0.1, -0.05) is 240 Å². The fourth-order valence-corrected chi connectivity index (χ4v) is 15.4. The van der Waals surface area contributed by atoms with Crippen molar-refractivity contribution in [1.29, 1.82) is 0 Å². The number of hydrogen-bond acceptors (Lipinski definition) is 3. The minimum absolute atomic E-state index is 0.146. The third-order valence-corrected chi connectivity index (χ3v) is 19.4. The molecule has 12 aromatic carbocycles. The largest absolute Gasteiger partial charge is 0.356 e. The van der Waals surface area contributed by atoms with Crippen LogP contribution in [0.25, 0.3) is 103 Å². The number of nitrogens with zero attached hydrogens (tertiary/aromatic N) is 2. The first-order valence-corrected chi connectivity index (χ1v) is 31.0. The quantitative estimate of drug-likeness (QED) is 0.138. The predicted octanol–water partition coefficient (Wildman–Crippen LogP) is 20.5. The molecule has 0 amide bonds. The molecule has 1 N–H and O–H groups in total. The van der Waals surface area contributed by atoms with Gasteiger partial charge in [0, 0.05) is 70.4 Å². The van der Waals surface area contributed by atoms with E-state index in [2.05, 4.69) is 303 Å². The Balaban J connectivity index is 1.05. The normalized spacial score (nSPS) is 12.7. The van der Waals surface area contributed by atoms with Crippen LogP contribution in [0.15, 0.2) is 261 Å². The van der Waals surface area contributed by atoms with E-state index < -0.39 is 0 Å². The van der Waals surface area contributed by atoms with E-state index in [1.54, 1.807) is 0 Å². The molecule has 4 heterocycles. The van der Waals surface area contributed by atoms with Crippen LogP contribution in [-0.4, -0.2) is 11.3 Å². The van der Waals surface area contributed by atoms with Gasteiger partial charge in [-0.25, -0.2) is 0 Å². The van der Waals surface area contributed by atoms with Gasteiger partial charge in [0.25, 0.3) is 6.71 Å². The number of hydrogen-bond donors (Lipinski definition) is 1. The minimum atomic E-state index is -0.207. The lowest BCUT2D eigenvalue weighted by atomic mass is 9.33. The van der Waals surface area contributed by atoms with Crippen molar-refractivity contribution < 1.29 is 0 Å².